The van der Waals surface area contributed by atoms with E-state index in [0.29, 0.717) is 23.2 Å². The highest BCUT2D eigenvalue weighted by atomic mass is 15.1. The number of anilines is 1. The molecule has 4 heterocycles. The number of rotatable bonds is 4. The van der Waals surface area contributed by atoms with E-state index in [0.717, 1.165) is 48.3 Å². The lowest BCUT2D eigenvalue weighted by Gasteiger charge is -2.24. The summed E-state index contributed by atoms with van der Waals surface area (Å²) in [6.45, 7) is 1.95. The van der Waals surface area contributed by atoms with Crippen molar-refractivity contribution in [2.24, 2.45) is 0 Å². The van der Waals surface area contributed by atoms with Crippen LogP contribution in [0.25, 0.3) is 28.0 Å². The maximum absolute atomic E-state index is 9.55. The molecule has 1 saturated heterocycles. The zero-order valence-electron chi connectivity index (χ0n) is 16.4. The summed E-state index contributed by atoms with van der Waals surface area (Å²) >= 11 is 0. The number of fused-ring (bicyclic) bond motifs is 1. The van der Waals surface area contributed by atoms with Crippen LogP contribution in [-0.4, -0.2) is 38.5 Å². The van der Waals surface area contributed by atoms with Crippen LogP contribution >= 0.6 is 0 Å². The van der Waals surface area contributed by atoms with Crippen LogP contribution in [0, 0.1) is 11.3 Å². The second-order valence-electron chi connectivity index (χ2n) is 7.43. The second kappa shape index (κ2) is 7.93. The van der Waals surface area contributed by atoms with Gasteiger partial charge in [0.15, 0.2) is 11.5 Å². The van der Waals surface area contributed by atoms with Crippen molar-refractivity contribution in [3.63, 3.8) is 0 Å². The van der Waals surface area contributed by atoms with Crippen LogP contribution < -0.4 is 10.6 Å². The van der Waals surface area contributed by atoms with E-state index in [1.54, 1.807) is 18.6 Å². The molecule has 0 aliphatic carbocycles. The van der Waals surface area contributed by atoms with E-state index in [-0.39, 0.29) is 0 Å². The van der Waals surface area contributed by atoms with Crippen LogP contribution in [0.2, 0.25) is 0 Å². The quantitative estimate of drug-likeness (QED) is 0.550. The van der Waals surface area contributed by atoms with Crippen LogP contribution in [0.4, 0.5) is 5.82 Å². The van der Waals surface area contributed by atoms with Crippen LogP contribution in [0.15, 0.2) is 61.2 Å². The van der Waals surface area contributed by atoms with E-state index < -0.39 is 0 Å². The van der Waals surface area contributed by atoms with Crippen molar-refractivity contribution in [1.82, 2.24) is 24.7 Å². The Bertz CT molecular complexity index is 1220. The molecule has 1 fully saturated rings. The molecule has 1 atom stereocenters. The van der Waals surface area contributed by atoms with E-state index in [1.165, 1.54) is 0 Å². The number of hydrogen-bond donors (Lipinski definition) is 2. The zero-order valence-corrected chi connectivity index (χ0v) is 16.4. The molecule has 0 bridgehead atoms. The molecule has 1 unspecified atom stereocenters. The average Bonchev–Trinajstić information content (AvgIpc) is 3.27. The van der Waals surface area contributed by atoms with E-state index in [1.807, 2.05) is 34.9 Å². The van der Waals surface area contributed by atoms with Crippen molar-refractivity contribution in [2.75, 3.05) is 18.4 Å². The van der Waals surface area contributed by atoms with Gasteiger partial charge in [0.1, 0.15) is 11.8 Å². The van der Waals surface area contributed by atoms with Gasteiger partial charge in [-0.3, -0.25) is 9.38 Å². The molecule has 4 aromatic rings. The fourth-order valence-corrected chi connectivity index (χ4v) is 3.87. The molecule has 1 aliphatic heterocycles. The third-order valence-corrected chi connectivity index (χ3v) is 5.42. The topological polar surface area (TPSA) is 90.9 Å². The highest BCUT2D eigenvalue weighted by Gasteiger charge is 2.18. The minimum atomic E-state index is 0.304. The largest absolute Gasteiger partial charge is 0.363 e. The molecule has 7 heteroatoms. The number of imidazole rings is 1. The second-order valence-corrected chi connectivity index (χ2v) is 7.43. The highest BCUT2D eigenvalue weighted by Crippen LogP contribution is 2.28. The third-order valence-electron chi connectivity index (χ3n) is 5.42. The van der Waals surface area contributed by atoms with Crippen LogP contribution in [0.3, 0.4) is 0 Å². The lowest BCUT2D eigenvalue weighted by atomic mass is 10.0. The Hall–Kier alpha value is -3.76. The van der Waals surface area contributed by atoms with E-state index in [9.17, 15) is 5.26 Å². The van der Waals surface area contributed by atoms with Crippen LogP contribution in [0.5, 0.6) is 0 Å². The first kappa shape index (κ1) is 18.3. The summed E-state index contributed by atoms with van der Waals surface area (Å²) in [5, 5.41) is 16.5. The van der Waals surface area contributed by atoms with Crippen molar-refractivity contribution in [3.8, 4) is 28.5 Å². The summed E-state index contributed by atoms with van der Waals surface area (Å²) in [4.78, 5) is 13.4. The molecule has 1 aromatic carbocycles. The van der Waals surface area contributed by atoms with Gasteiger partial charge in [0.25, 0.3) is 0 Å². The Morgan fingerprint density at radius 1 is 1.13 bits per heavy atom. The van der Waals surface area contributed by atoms with Crippen LogP contribution in [0.1, 0.15) is 18.5 Å². The monoisotopic (exact) mass is 395 g/mol. The fourth-order valence-electron chi connectivity index (χ4n) is 3.87. The predicted molar refractivity (Wildman–Crippen MR) is 116 cm³/mol. The smallest absolute Gasteiger partial charge is 0.181 e. The van der Waals surface area contributed by atoms with Crippen molar-refractivity contribution >= 4 is 11.5 Å². The lowest BCUT2D eigenvalue weighted by molar-refractivity contribution is 0.479. The van der Waals surface area contributed by atoms with Crippen molar-refractivity contribution in [3.05, 3.63) is 66.9 Å². The zero-order chi connectivity index (χ0) is 20.3. The summed E-state index contributed by atoms with van der Waals surface area (Å²) in [5.41, 5.74) is 5.12. The Kier molecular flexibility index (Phi) is 4.83. The number of aromatic nitrogens is 4. The van der Waals surface area contributed by atoms with Gasteiger partial charge < -0.3 is 10.6 Å². The number of benzene rings is 1. The van der Waals surface area contributed by atoms with Gasteiger partial charge in [-0.1, -0.05) is 18.2 Å². The summed E-state index contributed by atoms with van der Waals surface area (Å²) in [5.74, 6) is 0.708. The third kappa shape index (κ3) is 3.49. The molecule has 3 aromatic heterocycles. The van der Waals surface area contributed by atoms with Gasteiger partial charge in [-0.15, -0.1) is 0 Å². The highest BCUT2D eigenvalue weighted by molar-refractivity contribution is 5.75. The van der Waals surface area contributed by atoms with Crippen molar-refractivity contribution in [2.45, 2.75) is 18.9 Å². The summed E-state index contributed by atoms with van der Waals surface area (Å²) < 4.78 is 1.82. The average molecular weight is 395 g/mol. The minimum Gasteiger partial charge on any atom is -0.363 e. The number of nitrogens with zero attached hydrogens (tertiary/aromatic N) is 5. The maximum Gasteiger partial charge on any atom is 0.181 e. The minimum absolute atomic E-state index is 0.304. The van der Waals surface area contributed by atoms with Crippen molar-refractivity contribution in [1.29, 1.82) is 5.26 Å². The first-order chi connectivity index (χ1) is 14.8. The van der Waals surface area contributed by atoms with E-state index in [4.69, 9.17) is 4.98 Å². The van der Waals surface area contributed by atoms with Gasteiger partial charge in [0.05, 0.1) is 11.9 Å². The van der Waals surface area contributed by atoms with Gasteiger partial charge in [-0.25, -0.2) is 9.97 Å². The Labute approximate surface area is 174 Å². The Morgan fingerprint density at radius 2 is 2.00 bits per heavy atom. The molecule has 0 spiro atoms. The van der Waals surface area contributed by atoms with Gasteiger partial charge in [0, 0.05) is 36.7 Å². The normalized spacial score (nSPS) is 16.3. The number of hydrogen-bond acceptors (Lipinski definition) is 6. The molecule has 5 rings (SSSR count). The van der Waals surface area contributed by atoms with Crippen LogP contribution in [-0.2, 0) is 0 Å². The first-order valence-electron chi connectivity index (χ1n) is 10.1. The summed E-state index contributed by atoms with van der Waals surface area (Å²) in [6, 6.07) is 14.7. The number of piperidine rings is 1. The van der Waals surface area contributed by atoms with Gasteiger partial charge in [-0.2, -0.15) is 5.26 Å². The molecule has 0 amide bonds. The first-order valence-corrected chi connectivity index (χ1v) is 10.1. The fraction of sp³-hybridized carbons (Fsp3) is 0.217. The molecule has 1 aliphatic rings. The number of pyridine rings is 1. The molecule has 148 valence electrons. The molecule has 30 heavy (non-hydrogen) atoms. The van der Waals surface area contributed by atoms with Crippen molar-refractivity contribution < 1.29 is 0 Å². The molecular formula is C23H21N7. The van der Waals surface area contributed by atoms with Gasteiger partial charge >= 0.3 is 0 Å². The predicted octanol–water partition coefficient (Wildman–Crippen LogP) is 3.49. The van der Waals surface area contributed by atoms with Gasteiger partial charge in [0.2, 0.25) is 0 Å². The molecule has 0 radical (unpaired) electrons. The van der Waals surface area contributed by atoms with E-state index in [2.05, 4.69) is 38.8 Å². The molecule has 2 N–H and O–H groups in total. The Balaban J connectivity index is 1.56. The lowest BCUT2D eigenvalue weighted by Crippen LogP contribution is -2.38. The standard InChI is InChI=1S/C23H21N7/c24-12-20-14-27-22(28-19-5-2-8-26-13-19)23-29-21(15-30(20)23)18-4-1-3-17(11-18)16-6-9-25-10-7-16/h1,3-4,6-7,9-11,14-15,19,26H,2,5,8,13H2,(H,27,28). The summed E-state index contributed by atoms with van der Waals surface area (Å²) in [7, 11) is 0. The molecular weight excluding hydrogens is 374 g/mol. The van der Waals surface area contributed by atoms with E-state index >= 15 is 0 Å². The summed E-state index contributed by atoms with van der Waals surface area (Å²) in [6.07, 6.45) is 9.30. The van der Waals surface area contributed by atoms with Gasteiger partial charge in [-0.05, 0) is 48.7 Å². The SMILES string of the molecule is N#Cc1cnc(NC2CCCNC2)c2nc(-c3cccc(-c4ccncc4)c3)cn12. The number of nitriles is 1. The molecule has 0 saturated carbocycles. The number of nitrogens with one attached hydrogen (secondary N) is 2. The maximum atomic E-state index is 9.55. The molecule has 7 nitrogen and oxygen atoms in total. The Morgan fingerprint density at radius 3 is 2.80 bits per heavy atom.